The summed E-state index contributed by atoms with van der Waals surface area (Å²) in [7, 11) is 0. The highest BCUT2D eigenvalue weighted by Gasteiger charge is 2.19. The van der Waals surface area contributed by atoms with E-state index >= 15 is 0 Å². The van der Waals surface area contributed by atoms with Gasteiger partial charge in [0, 0.05) is 11.6 Å². The maximum absolute atomic E-state index is 11.4. The van der Waals surface area contributed by atoms with Gasteiger partial charge in [0.05, 0.1) is 21.6 Å². The topological polar surface area (TPSA) is 111 Å². The number of aryl methyl sites for hydroxylation is 2. The lowest BCUT2D eigenvalue weighted by atomic mass is 10.0. The summed E-state index contributed by atoms with van der Waals surface area (Å²) in [6.45, 7) is 4.04. The molecule has 0 aliphatic heterocycles. The smallest absolute Gasteiger partial charge is 0.271 e. The van der Waals surface area contributed by atoms with Crippen LogP contribution in [0.3, 0.4) is 0 Å². The van der Waals surface area contributed by atoms with Crippen LogP contribution >= 0.6 is 0 Å². The number of anilines is 1. The fourth-order valence-corrected chi connectivity index (χ4v) is 2.99. The number of rotatable bonds is 7. The van der Waals surface area contributed by atoms with Crippen molar-refractivity contribution in [3.05, 3.63) is 115 Å². The Bertz CT molecular complexity index is 1190. The summed E-state index contributed by atoms with van der Waals surface area (Å²) in [6.07, 6.45) is 3.74. The van der Waals surface area contributed by atoms with Crippen molar-refractivity contribution >= 4 is 28.8 Å². The first kappa shape index (κ1) is 21.4. The Hall–Kier alpha value is -4.33. The van der Waals surface area contributed by atoms with Gasteiger partial charge in [-0.3, -0.25) is 25.7 Å². The van der Waals surface area contributed by atoms with E-state index in [1.54, 1.807) is 0 Å². The van der Waals surface area contributed by atoms with Crippen LogP contribution < -0.4 is 5.43 Å². The molecule has 8 heteroatoms. The normalized spacial score (nSPS) is 11.5. The van der Waals surface area contributed by atoms with Gasteiger partial charge in [0.1, 0.15) is 5.69 Å². The zero-order chi connectivity index (χ0) is 22.4. The van der Waals surface area contributed by atoms with Gasteiger partial charge < -0.3 is 0 Å². The minimum absolute atomic E-state index is 0.0592. The summed E-state index contributed by atoms with van der Waals surface area (Å²) in [5.41, 5.74) is 6.62. The number of nitro groups is 2. The molecule has 1 N–H and O–H groups in total. The van der Waals surface area contributed by atoms with Gasteiger partial charge in [-0.25, -0.2) is 0 Å². The molecule has 31 heavy (non-hydrogen) atoms. The SMILES string of the molecule is Cc1ccc(/C=C/C(=N\Nc2ccc([N+](=O)[O-])cc2[N+](=O)[O-])c2ccccc2)c(C)c1. The lowest BCUT2D eigenvalue weighted by molar-refractivity contribution is -0.393. The second kappa shape index (κ2) is 9.45. The number of non-ortho nitro benzene ring substituents is 1. The standard InChI is InChI=1S/C23H20N4O4/c1-16-8-9-18(17(2)14-16)10-12-21(19-6-4-3-5-7-19)24-25-22-13-11-20(26(28)29)15-23(22)27(30)31/h3-15,25H,1-2H3/b12-10+,24-21+. The van der Waals surface area contributed by atoms with E-state index in [1.807, 2.05) is 68.5 Å². The second-order valence-corrected chi connectivity index (χ2v) is 6.88. The molecule has 0 aliphatic rings. The molecule has 3 rings (SSSR count). The van der Waals surface area contributed by atoms with Crippen LogP contribution in [0.5, 0.6) is 0 Å². The van der Waals surface area contributed by atoms with Crippen LogP contribution in [-0.2, 0) is 0 Å². The number of hydrazone groups is 1. The van der Waals surface area contributed by atoms with Gasteiger partial charge in [0.15, 0.2) is 0 Å². The van der Waals surface area contributed by atoms with Crippen molar-refractivity contribution in [2.75, 3.05) is 5.43 Å². The minimum Gasteiger partial charge on any atom is -0.271 e. The minimum atomic E-state index is -0.682. The molecule has 0 saturated heterocycles. The van der Waals surface area contributed by atoms with Gasteiger partial charge in [-0.1, -0.05) is 60.2 Å². The van der Waals surface area contributed by atoms with Crippen LogP contribution in [0, 0.1) is 34.1 Å². The average Bonchev–Trinajstić information content (AvgIpc) is 2.75. The summed E-state index contributed by atoms with van der Waals surface area (Å²) in [6, 6.07) is 18.8. The van der Waals surface area contributed by atoms with Crippen LogP contribution in [0.2, 0.25) is 0 Å². The molecule has 0 bridgehead atoms. The number of nitro benzene ring substituents is 2. The maximum atomic E-state index is 11.4. The van der Waals surface area contributed by atoms with E-state index in [0.717, 1.165) is 22.8 Å². The summed E-state index contributed by atoms with van der Waals surface area (Å²) < 4.78 is 0. The van der Waals surface area contributed by atoms with Gasteiger partial charge in [0.25, 0.3) is 5.69 Å². The Morgan fingerprint density at radius 3 is 2.32 bits per heavy atom. The summed E-state index contributed by atoms with van der Waals surface area (Å²) >= 11 is 0. The largest absolute Gasteiger partial charge is 0.301 e. The average molecular weight is 416 g/mol. The predicted octanol–water partition coefficient (Wildman–Crippen LogP) is 5.65. The number of hydrogen-bond donors (Lipinski definition) is 1. The Balaban J connectivity index is 1.98. The molecule has 8 nitrogen and oxygen atoms in total. The van der Waals surface area contributed by atoms with E-state index in [-0.39, 0.29) is 11.4 Å². The molecule has 156 valence electrons. The van der Waals surface area contributed by atoms with E-state index in [0.29, 0.717) is 5.71 Å². The molecule has 0 spiro atoms. The Morgan fingerprint density at radius 1 is 0.935 bits per heavy atom. The van der Waals surface area contributed by atoms with E-state index < -0.39 is 15.5 Å². The molecule has 0 saturated carbocycles. The third-order valence-electron chi connectivity index (χ3n) is 4.60. The van der Waals surface area contributed by atoms with E-state index in [4.69, 9.17) is 0 Å². The zero-order valence-electron chi connectivity index (χ0n) is 17.0. The van der Waals surface area contributed by atoms with Crippen molar-refractivity contribution in [1.82, 2.24) is 0 Å². The van der Waals surface area contributed by atoms with Crippen molar-refractivity contribution in [1.29, 1.82) is 0 Å². The van der Waals surface area contributed by atoms with E-state index in [2.05, 4.69) is 16.6 Å². The first-order valence-corrected chi connectivity index (χ1v) is 9.42. The van der Waals surface area contributed by atoms with Crippen LogP contribution in [-0.4, -0.2) is 15.6 Å². The third-order valence-corrected chi connectivity index (χ3v) is 4.60. The van der Waals surface area contributed by atoms with Gasteiger partial charge in [-0.15, -0.1) is 0 Å². The lowest BCUT2D eigenvalue weighted by Gasteiger charge is -2.06. The highest BCUT2D eigenvalue weighted by Crippen LogP contribution is 2.29. The van der Waals surface area contributed by atoms with Gasteiger partial charge in [-0.05, 0) is 37.1 Å². The van der Waals surface area contributed by atoms with Crippen molar-refractivity contribution in [2.24, 2.45) is 5.10 Å². The number of allylic oxidation sites excluding steroid dienone is 1. The summed E-state index contributed by atoms with van der Waals surface area (Å²) in [5, 5.41) is 26.6. The molecule has 0 unspecified atom stereocenters. The number of nitrogens with zero attached hydrogens (tertiary/aromatic N) is 3. The molecular weight excluding hydrogens is 396 g/mol. The molecule has 3 aromatic rings. The van der Waals surface area contributed by atoms with Crippen LogP contribution in [0.4, 0.5) is 17.1 Å². The van der Waals surface area contributed by atoms with E-state index in [1.165, 1.54) is 17.7 Å². The first-order valence-electron chi connectivity index (χ1n) is 9.42. The highest BCUT2D eigenvalue weighted by atomic mass is 16.6. The predicted molar refractivity (Wildman–Crippen MR) is 121 cm³/mol. The van der Waals surface area contributed by atoms with Gasteiger partial charge in [-0.2, -0.15) is 5.10 Å². The Labute approximate surface area is 178 Å². The van der Waals surface area contributed by atoms with Crippen LogP contribution in [0.1, 0.15) is 22.3 Å². The highest BCUT2D eigenvalue weighted by molar-refractivity contribution is 6.11. The molecule has 0 radical (unpaired) electrons. The first-order chi connectivity index (χ1) is 14.8. The number of nitrogens with one attached hydrogen (secondary N) is 1. The zero-order valence-corrected chi connectivity index (χ0v) is 17.0. The fraction of sp³-hybridized carbons (Fsp3) is 0.0870. The third kappa shape index (κ3) is 5.39. The van der Waals surface area contributed by atoms with Crippen LogP contribution in [0.15, 0.2) is 77.9 Å². The molecule has 0 aromatic heterocycles. The maximum Gasteiger partial charge on any atom is 0.301 e. The number of hydrogen-bond acceptors (Lipinski definition) is 6. The molecule has 0 heterocycles. The number of benzene rings is 3. The van der Waals surface area contributed by atoms with Crippen molar-refractivity contribution in [3.8, 4) is 0 Å². The molecule has 0 aliphatic carbocycles. The Morgan fingerprint density at radius 2 is 1.68 bits per heavy atom. The van der Waals surface area contributed by atoms with Gasteiger partial charge in [0.2, 0.25) is 0 Å². The summed E-state index contributed by atoms with van der Waals surface area (Å²) in [4.78, 5) is 20.9. The van der Waals surface area contributed by atoms with Gasteiger partial charge >= 0.3 is 5.69 Å². The Kier molecular flexibility index (Phi) is 6.51. The van der Waals surface area contributed by atoms with Crippen molar-refractivity contribution in [2.45, 2.75) is 13.8 Å². The summed E-state index contributed by atoms with van der Waals surface area (Å²) in [5.74, 6) is 0. The van der Waals surface area contributed by atoms with Crippen molar-refractivity contribution in [3.63, 3.8) is 0 Å². The lowest BCUT2D eigenvalue weighted by Crippen LogP contribution is -2.03. The molecule has 0 fully saturated rings. The van der Waals surface area contributed by atoms with E-state index in [9.17, 15) is 20.2 Å². The second-order valence-electron chi connectivity index (χ2n) is 6.88. The fourth-order valence-electron chi connectivity index (χ4n) is 2.99. The quantitative estimate of drug-likeness (QED) is 0.304. The van der Waals surface area contributed by atoms with Crippen LogP contribution in [0.25, 0.3) is 6.08 Å². The molecular formula is C23H20N4O4. The molecule has 0 atom stereocenters. The molecule has 0 amide bonds. The monoisotopic (exact) mass is 416 g/mol. The molecule has 3 aromatic carbocycles. The van der Waals surface area contributed by atoms with Crippen molar-refractivity contribution < 1.29 is 9.85 Å².